The van der Waals surface area contributed by atoms with E-state index in [9.17, 15) is 9.59 Å². The van der Waals surface area contributed by atoms with Crippen LogP contribution in [-0.4, -0.2) is 56.0 Å². The first kappa shape index (κ1) is 20.0. The van der Waals surface area contributed by atoms with Gasteiger partial charge in [-0.1, -0.05) is 30.3 Å². The summed E-state index contributed by atoms with van der Waals surface area (Å²) in [5, 5.41) is 2.73. The topological polar surface area (TPSA) is 77.1 Å². The average Bonchev–Trinajstić information content (AvgIpc) is 2.67. The van der Waals surface area contributed by atoms with Crippen molar-refractivity contribution in [2.45, 2.75) is 38.9 Å². The van der Waals surface area contributed by atoms with Crippen LogP contribution in [0.2, 0.25) is 0 Å². The van der Waals surface area contributed by atoms with E-state index in [1.807, 2.05) is 37.3 Å². The summed E-state index contributed by atoms with van der Waals surface area (Å²) in [6, 6.07) is 9.55. The Balaban J connectivity index is 1.48. The highest BCUT2D eigenvalue weighted by Gasteiger charge is 2.19. The van der Waals surface area contributed by atoms with Crippen LogP contribution in [0.4, 0.5) is 9.59 Å². The van der Waals surface area contributed by atoms with Gasteiger partial charge >= 0.3 is 12.2 Å². The smallest absolute Gasteiger partial charge is 0.410 e. The summed E-state index contributed by atoms with van der Waals surface area (Å²) >= 11 is 0. The van der Waals surface area contributed by atoms with Crippen molar-refractivity contribution in [2.75, 3.05) is 32.8 Å². The fraction of sp³-hybridized carbons (Fsp3) is 0.579. The van der Waals surface area contributed by atoms with Gasteiger partial charge in [0.25, 0.3) is 0 Å². The number of rotatable bonds is 8. The number of morpholine rings is 1. The number of hydrogen-bond acceptors (Lipinski definition) is 5. The quantitative estimate of drug-likeness (QED) is 0.718. The lowest BCUT2D eigenvalue weighted by Crippen LogP contribution is -2.42. The summed E-state index contributed by atoms with van der Waals surface area (Å²) in [5.74, 6) is 0. The maximum absolute atomic E-state index is 12.0. The molecule has 7 nitrogen and oxygen atoms in total. The van der Waals surface area contributed by atoms with Crippen molar-refractivity contribution in [1.29, 1.82) is 0 Å². The molecule has 1 N–H and O–H groups in total. The van der Waals surface area contributed by atoms with Crippen molar-refractivity contribution in [1.82, 2.24) is 10.2 Å². The van der Waals surface area contributed by atoms with Crippen LogP contribution in [0.1, 0.15) is 31.7 Å². The molecule has 1 fully saturated rings. The molecule has 1 aromatic rings. The lowest BCUT2D eigenvalue weighted by atomic mass is 10.2. The molecular formula is C19H28N2O5. The molecule has 0 bridgehead atoms. The Morgan fingerprint density at radius 2 is 1.92 bits per heavy atom. The predicted octanol–water partition coefficient (Wildman–Crippen LogP) is 2.94. The van der Waals surface area contributed by atoms with Crippen molar-refractivity contribution >= 4 is 12.2 Å². The molecule has 7 heteroatoms. The van der Waals surface area contributed by atoms with Crippen molar-refractivity contribution in [2.24, 2.45) is 0 Å². The second kappa shape index (κ2) is 11.4. The zero-order valence-corrected chi connectivity index (χ0v) is 15.3. The maximum atomic E-state index is 12.0. The summed E-state index contributed by atoms with van der Waals surface area (Å²) in [4.78, 5) is 25.2. The van der Waals surface area contributed by atoms with Gasteiger partial charge in [-0.25, -0.2) is 9.59 Å². The van der Waals surface area contributed by atoms with Gasteiger partial charge in [0, 0.05) is 19.6 Å². The lowest BCUT2D eigenvalue weighted by Gasteiger charge is -2.27. The minimum Gasteiger partial charge on any atom is -0.446 e. The van der Waals surface area contributed by atoms with Gasteiger partial charge in [0.2, 0.25) is 0 Å². The van der Waals surface area contributed by atoms with E-state index in [0.717, 1.165) is 24.8 Å². The Labute approximate surface area is 154 Å². The molecule has 2 rings (SSSR count). The fourth-order valence-electron chi connectivity index (χ4n) is 2.57. The van der Waals surface area contributed by atoms with Crippen LogP contribution in [0.15, 0.2) is 30.3 Å². The number of ether oxygens (including phenoxy) is 3. The van der Waals surface area contributed by atoms with E-state index in [-0.39, 0.29) is 18.8 Å². The zero-order valence-electron chi connectivity index (χ0n) is 15.3. The van der Waals surface area contributed by atoms with E-state index in [1.165, 1.54) is 0 Å². The van der Waals surface area contributed by atoms with Gasteiger partial charge in [0.1, 0.15) is 12.7 Å². The molecule has 1 saturated heterocycles. The van der Waals surface area contributed by atoms with Crippen LogP contribution in [0, 0.1) is 0 Å². The highest BCUT2D eigenvalue weighted by molar-refractivity contribution is 5.68. The van der Waals surface area contributed by atoms with Gasteiger partial charge in [-0.15, -0.1) is 0 Å². The number of nitrogens with zero attached hydrogens (tertiary/aromatic N) is 1. The van der Waals surface area contributed by atoms with E-state index >= 15 is 0 Å². The number of unbranched alkanes of at least 4 members (excludes halogenated alkanes) is 1. The molecule has 1 heterocycles. The Hall–Kier alpha value is -2.28. The number of carbonyl (C=O) groups is 2. The van der Waals surface area contributed by atoms with Crippen molar-refractivity contribution in [3.8, 4) is 0 Å². The Morgan fingerprint density at radius 3 is 2.65 bits per heavy atom. The first-order valence-electron chi connectivity index (χ1n) is 9.13. The zero-order chi connectivity index (χ0) is 18.6. The molecule has 1 aliphatic rings. The molecule has 1 atom stereocenters. The molecule has 0 saturated carbocycles. The molecule has 144 valence electrons. The molecule has 0 aliphatic carbocycles. The van der Waals surface area contributed by atoms with Crippen LogP contribution in [0.25, 0.3) is 0 Å². The molecule has 0 aromatic heterocycles. The summed E-state index contributed by atoms with van der Waals surface area (Å²) in [6.07, 6.45) is 1.59. The molecule has 0 spiro atoms. The van der Waals surface area contributed by atoms with Gasteiger partial charge < -0.3 is 24.4 Å². The van der Waals surface area contributed by atoms with Gasteiger partial charge in [0.05, 0.1) is 13.2 Å². The summed E-state index contributed by atoms with van der Waals surface area (Å²) < 4.78 is 15.8. The van der Waals surface area contributed by atoms with E-state index in [2.05, 4.69) is 5.32 Å². The van der Waals surface area contributed by atoms with E-state index < -0.39 is 6.09 Å². The highest BCUT2D eigenvalue weighted by atomic mass is 16.6. The lowest BCUT2D eigenvalue weighted by molar-refractivity contribution is 0.0139. The minimum atomic E-state index is -0.416. The Kier molecular flexibility index (Phi) is 8.75. The SMILES string of the molecule is CC(CCCCNC(=O)OCc1ccccc1)OC(=O)N1CCOCC1. The minimum absolute atomic E-state index is 0.143. The molecule has 0 radical (unpaired) electrons. The number of hydrogen-bond donors (Lipinski definition) is 1. The average molecular weight is 364 g/mol. The van der Waals surface area contributed by atoms with Crippen molar-refractivity contribution < 1.29 is 23.8 Å². The molecule has 26 heavy (non-hydrogen) atoms. The summed E-state index contributed by atoms with van der Waals surface area (Å²) in [5.41, 5.74) is 0.957. The second-order valence-electron chi connectivity index (χ2n) is 6.28. The van der Waals surface area contributed by atoms with Gasteiger partial charge in [0.15, 0.2) is 0 Å². The maximum Gasteiger partial charge on any atom is 0.410 e. The van der Waals surface area contributed by atoms with Crippen LogP contribution >= 0.6 is 0 Å². The summed E-state index contributed by atoms with van der Waals surface area (Å²) in [7, 11) is 0. The first-order chi connectivity index (χ1) is 12.6. The largest absolute Gasteiger partial charge is 0.446 e. The Bertz CT molecular complexity index is 546. The highest BCUT2D eigenvalue weighted by Crippen LogP contribution is 2.08. The van der Waals surface area contributed by atoms with E-state index in [0.29, 0.717) is 32.8 Å². The third kappa shape index (κ3) is 7.74. The Morgan fingerprint density at radius 1 is 1.19 bits per heavy atom. The molecular weight excluding hydrogens is 336 g/mol. The van der Waals surface area contributed by atoms with E-state index in [4.69, 9.17) is 14.2 Å². The number of benzene rings is 1. The number of alkyl carbamates (subject to hydrolysis) is 1. The third-order valence-corrected chi connectivity index (χ3v) is 4.09. The predicted molar refractivity (Wildman–Crippen MR) is 96.8 cm³/mol. The van der Waals surface area contributed by atoms with Crippen molar-refractivity contribution in [3.05, 3.63) is 35.9 Å². The molecule has 1 aliphatic heterocycles. The van der Waals surface area contributed by atoms with Gasteiger partial charge in [-0.2, -0.15) is 0 Å². The van der Waals surface area contributed by atoms with Crippen LogP contribution < -0.4 is 5.32 Å². The first-order valence-corrected chi connectivity index (χ1v) is 9.13. The normalized spacial score (nSPS) is 15.2. The molecule has 1 unspecified atom stereocenters. The number of amides is 2. The van der Waals surface area contributed by atoms with Crippen molar-refractivity contribution in [3.63, 3.8) is 0 Å². The fourth-order valence-corrected chi connectivity index (χ4v) is 2.57. The van der Waals surface area contributed by atoms with Crippen LogP contribution in [0.5, 0.6) is 0 Å². The summed E-state index contributed by atoms with van der Waals surface area (Å²) in [6.45, 7) is 4.99. The van der Waals surface area contributed by atoms with Gasteiger partial charge in [-0.05, 0) is 31.7 Å². The number of nitrogens with one attached hydrogen (secondary N) is 1. The second-order valence-corrected chi connectivity index (χ2v) is 6.28. The monoisotopic (exact) mass is 364 g/mol. The van der Waals surface area contributed by atoms with Crippen LogP contribution in [-0.2, 0) is 20.8 Å². The van der Waals surface area contributed by atoms with E-state index in [1.54, 1.807) is 4.90 Å². The third-order valence-electron chi connectivity index (χ3n) is 4.09. The molecule has 2 amide bonds. The molecule has 1 aromatic carbocycles. The van der Waals surface area contributed by atoms with Crippen LogP contribution in [0.3, 0.4) is 0 Å². The van der Waals surface area contributed by atoms with Gasteiger partial charge in [-0.3, -0.25) is 0 Å². The number of carbonyl (C=O) groups excluding carboxylic acids is 2. The standard InChI is InChI=1S/C19H28N2O5/c1-16(26-19(23)21-11-13-24-14-12-21)7-5-6-10-20-18(22)25-15-17-8-3-2-4-9-17/h2-4,8-9,16H,5-7,10-15H2,1H3,(H,20,22).